The minimum absolute atomic E-state index is 0.0137. The van der Waals surface area contributed by atoms with Crippen LogP contribution in [-0.2, 0) is 14.3 Å². The van der Waals surface area contributed by atoms with Crippen molar-refractivity contribution in [3.63, 3.8) is 0 Å². The summed E-state index contributed by atoms with van der Waals surface area (Å²) < 4.78 is 39.9. The third-order valence-corrected chi connectivity index (χ3v) is 4.47. The molecule has 0 aliphatic carbocycles. The lowest BCUT2D eigenvalue weighted by Gasteiger charge is -2.19. The van der Waals surface area contributed by atoms with E-state index in [1.54, 1.807) is 20.8 Å². The largest absolute Gasteiger partial charge is 0.444 e. The zero-order chi connectivity index (χ0) is 24.3. The summed E-state index contributed by atoms with van der Waals surface area (Å²) in [7, 11) is 0. The SMILES string of the molecule is CC(=O)NC[C@@H]1CN(c2cc(F)c(-c3ccc(NC(=O)OC(C)(C)C)nc3)c(F)c2)C(=O)O1. The number of amides is 3. The Hall–Kier alpha value is -3.76. The molecule has 2 aromatic rings. The number of anilines is 2. The maximum Gasteiger partial charge on any atom is 0.414 e. The van der Waals surface area contributed by atoms with Gasteiger partial charge in [0.2, 0.25) is 5.91 Å². The van der Waals surface area contributed by atoms with Crippen LogP contribution in [0.3, 0.4) is 0 Å². The van der Waals surface area contributed by atoms with Gasteiger partial charge in [-0.1, -0.05) is 0 Å². The van der Waals surface area contributed by atoms with Gasteiger partial charge in [-0.05, 0) is 45.0 Å². The van der Waals surface area contributed by atoms with E-state index in [2.05, 4.69) is 15.6 Å². The van der Waals surface area contributed by atoms with Crippen molar-refractivity contribution in [2.75, 3.05) is 23.3 Å². The van der Waals surface area contributed by atoms with Gasteiger partial charge in [0.1, 0.15) is 29.2 Å². The number of hydrogen-bond acceptors (Lipinski definition) is 6. The van der Waals surface area contributed by atoms with Gasteiger partial charge in [0.15, 0.2) is 0 Å². The van der Waals surface area contributed by atoms with Gasteiger partial charge in [-0.2, -0.15) is 0 Å². The molecule has 1 atom stereocenters. The number of nitrogens with one attached hydrogen (secondary N) is 2. The number of carbonyl (C=O) groups excluding carboxylic acids is 3. The molecule has 0 radical (unpaired) electrons. The van der Waals surface area contributed by atoms with Gasteiger partial charge >= 0.3 is 12.2 Å². The summed E-state index contributed by atoms with van der Waals surface area (Å²) >= 11 is 0. The molecule has 1 fully saturated rings. The number of aromatic nitrogens is 1. The van der Waals surface area contributed by atoms with Gasteiger partial charge < -0.3 is 14.8 Å². The number of hydrogen-bond donors (Lipinski definition) is 2. The fraction of sp³-hybridized carbons (Fsp3) is 0.364. The Bertz CT molecular complexity index is 1050. The van der Waals surface area contributed by atoms with Gasteiger partial charge in [-0.3, -0.25) is 15.0 Å². The molecular weight excluding hydrogens is 438 g/mol. The lowest BCUT2D eigenvalue weighted by molar-refractivity contribution is -0.119. The predicted octanol–water partition coefficient (Wildman–Crippen LogP) is 3.84. The molecule has 1 aromatic carbocycles. The van der Waals surface area contributed by atoms with Crippen LogP contribution in [-0.4, -0.2) is 47.9 Å². The molecule has 2 heterocycles. The zero-order valence-electron chi connectivity index (χ0n) is 18.6. The first-order chi connectivity index (χ1) is 15.4. The molecule has 0 bridgehead atoms. The molecule has 11 heteroatoms. The number of halogens is 2. The first-order valence-corrected chi connectivity index (χ1v) is 10.1. The van der Waals surface area contributed by atoms with Crippen molar-refractivity contribution >= 4 is 29.6 Å². The van der Waals surface area contributed by atoms with Crippen molar-refractivity contribution in [1.29, 1.82) is 0 Å². The number of carbonyl (C=O) groups is 3. The molecular formula is C22H24F2N4O5. The van der Waals surface area contributed by atoms with Crippen LogP contribution in [0.5, 0.6) is 0 Å². The number of benzene rings is 1. The summed E-state index contributed by atoms with van der Waals surface area (Å²) in [6, 6.07) is 4.82. The normalized spacial score (nSPS) is 15.8. The maximum absolute atomic E-state index is 14.8. The quantitative estimate of drug-likeness (QED) is 0.699. The second-order valence-electron chi connectivity index (χ2n) is 8.40. The van der Waals surface area contributed by atoms with Crippen molar-refractivity contribution in [1.82, 2.24) is 10.3 Å². The highest BCUT2D eigenvalue weighted by atomic mass is 19.1. The highest BCUT2D eigenvalue weighted by Gasteiger charge is 2.33. The van der Waals surface area contributed by atoms with Crippen molar-refractivity contribution in [2.24, 2.45) is 0 Å². The highest BCUT2D eigenvalue weighted by molar-refractivity contribution is 5.90. The summed E-state index contributed by atoms with van der Waals surface area (Å²) in [5.41, 5.74) is -0.902. The van der Waals surface area contributed by atoms with Crippen LogP contribution in [0.1, 0.15) is 27.7 Å². The Balaban J connectivity index is 1.75. The van der Waals surface area contributed by atoms with Gasteiger partial charge in [-0.25, -0.2) is 23.4 Å². The third-order valence-electron chi connectivity index (χ3n) is 4.47. The van der Waals surface area contributed by atoms with Gasteiger partial charge in [0, 0.05) is 18.7 Å². The van der Waals surface area contributed by atoms with Crippen LogP contribution in [0, 0.1) is 11.6 Å². The smallest absolute Gasteiger partial charge is 0.414 e. The monoisotopic (exact) mass is 462 g/mol. The molecule has 176 valence electrons. The second-order valence-corrected chi connectivity index (χ2v) is 8.40. The molecule has 1 saturated heterocycles. The number of nitrogens with zero attached hydrogens (tertiary/aromatic N) is 2. The van der Waals surface area contributed by atoms with Crippen LogP contribution in [0.2, 0.25) is 0 Å². The second kappa shape index (κ2) is 9.39. The molecule has 33 heavy (non-hydrogen) atoms. The van der Waals surface area contributed by atoms with Gasteiger partial charge in [-0.15, -0.1) is 0 Å². The summed E-state index contributed by atoms with van der Waals surface area (Å²) in [5, 5.41) is 4.96. The van der Waals surface area contributed by atoms with E-state index in [9.17, 15) is 23.2 Å². The van der Waals surface area contributed by atoms with E-state index in [4.69, 9.17) is 9.47 Å². The Morgan fingerprint density at radius 1 is 1.24 bits per heavy atom. The van der Waals surface area contributed by atoms with Gasteiger partial charge in [0.25, 0.3) is 0 Å². The Morgan fingerprint density at radius 3 is 2.45 bits per heavy atom. The van der Waals surface area contributed by atoms with Crippen molar-refractivity contribution in [2.45, 2.75) is 39.4 Å². The maximum atomic E-state index is 14.8. The molecule has 0 spiro atoms. The fourth-order valence-electron chi connectivity index (χ4n) is 3.11. The first kappa shape index (κ1) is 23.9. The average Bonchev–Trinajstić information content (AvgIpc) is 3.06. The molecule has 0 saturated carbocycles. The molecule has 1 aromatic heterocycles. The number of ether oxygens (including phenoxy) is 2. The molecule has 9 nitrogen and oxygen atoms in total. The van der Waals surface area contributed by atoms with Crippen LogP contribution < -0.4 is 15.5 Å². The van der Waals surface area contributed by atoms with Crippen molar-refractivity contribution in [3.05, 3.63) is 42.1 Å². The molecule has 1 aliphatic rings. The Labute approximate surface area is 189 Å². The van der Waals surface area contributed by atoms with Crippen LogP contribution in [0.4, 0.5) is 29.9 Å². The Morgan fingerprint density at radius 2 is 1.91 bits per heavy atom. The molecule has 2 N–H and O–H groups in total. The van der Waals surface area contributed by atoms with Crippen LogP contribution in [0.25, 0.3) is 11.1 Å². The standard InChI is InChI=1S/C22H24F2N4O5/c1-12(29)25-10-15-11-28(21(31)32-15)14-7-16(23)19(17(24)8-14)13-5-6-18(26-9-13)27-20(30)33-22(2,3)4/h5-9,15H,10-11H2,1-4H3,(H,25,29)(H,26,27,30)/t15-/m1/s1. The third kappa shape index (κ3) is 6.15. The van der Waals surface area contributed by atoms with E-state index in [1.807, 2.05) is 0 Å². The molecule has 0 unspecified atom stereocenters. The van der Waals surface area contributed by atoms with E-state index in [1.165, 1.54) is 25.3 Å². The van der Waals surface area contributed by atoms with E-state index in [0.29, 0.717) is 0 Å². The molecule has 1 aliphatic heterocycles. The minimum atomic E-state index is -0.905. The Kier molecular flexibility index (Phi) is 6.80. The molecule has 3 rings (SSSR count). The van der Waals surface area contributed by atoms with Crippen LogP contribution >= 0.6 is 0 Å². The van der Waals surface area contributed by atoms with Crippen molar-refractivity contribution < 1.29 is 32.6 Å². The number of pyridine rings is 1. The average molecular weight is 462 g/mol. The van der Waals surface area contributed by atoms with Crippen LogP contribution in [0.15, 0.2) is 30.5 Å². The van der Waals surface area contributed by atoms with Gasteiger partial charge in [0.05, 0.1) is 24.3 Å². The fourth-order valence-corrected chi connectivity index (χ4v) is 3.11. The molecule has 3 amide bonds. The summed E-state index contributed by atoms with van der Waals surface area (Å²) in [6.45, 7) is 6.59. The highest BCUT2D eigenvalue weighted by Crippen LogP contribution is 2.32. The minimum Gasteiger partial charge on any atom is -0.444 e. The topological polar surface area (TPSA) is 110 Å². The number of cyclic esters (lactones) is 1. The predicted molar refractivity (Wildman–Crippen MR) is 116 cm³/mol. The zero-order valence-corrected chi connectivity index (χ0v) is 18.6. The van der Waals surface area contributed by atoms with E-state index in [0.717, 1.165) is 17.0 Å². The summed E-state index contributed by atoms with van der Waals surface area (Å²) in [5.74, 6) is -1.95. The van der Waals surface area contributed by atoms with E-state index < -0.39 is 35.5 Å². The van der Waals surface area contributed by atoms with E-state index >= 15 is 0 Å². The lowest BCUT2D eigenvalue weighted by atomic mass is 10.1. The first-order valence-electron chi connectivity index (χ1n) is 10.1. The van der Waals surface area contributed by atoms with Crippen molar-refractivity contribution in [3.8, 4) is 11.1 Å². The summed E-state index contributed by atoms with van der Waals surface area (Å²) in [4.78, 5) is 40.1. The summed E-state index contributed by atoms with van der Waals surface area (Å²) in [6.07, 6.45) is -0.905. The number of rotatable bonds is 5. The van der Waals surface area contributed by atoms with E-state index in [-0.39, 0.29) is 41.6 Å². The lowest BCUT2D eigenvalue weighted by Crippen LogP contribution is -2.33.